The number of carbonyl (C=O) groups excluding carboxylic acids is 1. The second kappa shape index (κ2) is 4.95. The normalized spacial score (nSPS) is 10.4. The molecule has 6 heteroatoms. The van der Waals surface area contributed by atoms with Gasteiger partial charge >= 0.3 is 0 Å². The van der Waals surface area contributed by atoms with Gasteiger partial charge in [-0.2, -0.15) is 5.10 Å². The minimum atomic E-state index is -1.15. The minimum absolute atomic E-state index is 0.334. The van der Waals surface area contributed by atoms with Crippen LogP contribution in [-0.4, -0.2) is 15.7 Å². The van der Waals surface area contributed by atoms with Gasteiger partial charge < -0.3 is 5.32 Å². The molecule has 0 spiro atoms. The topological polar surface area (TPSA) is 46.9 Å². The van der Waals surface area contributed by atoms with Gasteiger partial charge in [-0.05, 0) is 19.1 Å². The molecule has 0 fully saturated rings. The smallest absolute Gasteiger partial charge is 0.258 e. The van der Waals surface area contributed by atoms with Crippen molar-refractivity contribution in [2.45, 2.75) is 13.5 Å². The van der Waals surface area contributed by atoms with Crippen molar-refractivity contribution in [3.8, 4) is 0 Å². The van der Waals surface area contributed by atoms with Gasteiger partial charge in [0.15, 0.2) is 11.6 Å². The molecule has 2 aromatic rings. The summed E-state index contributed by atoms with van der Waals surface area (Å²) in [6.07, 6.45) is 3.05. The Hall–Kier alpha value is -2.24. The van der Waals surface area contributed by atoms with E-state index >= 15 is 0 Å². The number of amides is 1. The van der Waals surface area contributed by atoms with Crippen LogP contribution in [0.25, 0.3) is 0 Å². The Balaban J connectivity index is 2.19. The lowest BCUT2D eigenvalue weighted by molar-refractivity contribution is 0.102. The van der Waals surface area contributed by atoms with Gasteiger partial charge in [0.25, 0.3) is 5.91 Å². The molecule has 4 nitrogen and oxygen atoms in total. The van der Waals surface area contributed by atoms with Crippen LogP contribution in [0.15, 0.2) is 30.6 Å². The fourth-order valence-electron chi connectivity index (χ4n) is 1.48. The van der Waals surface area contributed by atoms with Crippen LogP contribution in [0, 0.1) is 11.6 Å². The van der Waals surface area contributed by atoms with Crippen molar-refractivity contribution >= 4 is 11.6 Å². The predicted molar refractivity (Wildman–Crippen MR) is 62.2 cm³/mol. The third-order valence-corrected chi connectivity index (χ3v) is 2.41. The summed E-state index contributed by atoms with van der Waals surface area (Å²) in [5, 5.41) is 6.41. The number of rotatable bonds is 3. The lowest BCUT2D eigenvalue weighted by Crippen LogP contribution is -2.14. The number of hydrogen-bond donors (Lipinski definition) is 1. The highest BCUT2D eigenvalue weighted by Crippen LogP contribution is 2.14. The lowest BCUT2D eigenvalue weighted by Gasteiger charge is -2.04. The van der Waals surface area contributed by atoms with Crippen LogP contribution in [0.4, 0.5) is 14.5 Å². The first-order valence-electron chi connectivity index (χ1n) is 5.39. The van der Waals surface area contributed by atoms with Crippen molar-refractivity contribution in [1.82, 2.24) is 9.78 Å². The summed E-state index contributed by atoms with van der Waals surface area (Å²) >= 11 is 0. The van der Waals surface area contributed by atoms with Crippen LogP contribution in [-0.2, 0) is 6.54 Å². The number of hydrogen-bond acceptors (Lipinski definition) is 2. The summed E-state index contributed by atoms with van der Waals surface area (Å²) in [5.74, 6) is -2.91. The van der Waals surface area contributed by atoms with Gasteiger partial charge in [0.1, 0.15) is 0 Å². The molecular formula is C12H11F2N3O. The summed E-state index contributed by atoms with van der Waals surface area (Å²) in [6.45, 7) is 2.55. The molecule has 0 aliphatic rings. The Morgan fingerprint density at radius 2 is 2.22 bits per heavy atom. The summed E-state index contributed by atoms with van der Waals surface area (Å²) in [7, 11) is 0. The van der Waals surface area contributed by atoms with Crippen LogP contribution in [0.5, 0.6) is 0 Å². The number of aryl methyl sites for hydroxylation is 1. The van der Waals surface area contributed by atoms with Crippen molar-refractivity contribution in [3.05, 3.63) is 47.8 Å². The molecule has 18 heavy (non-hydrogen) atoms. The van der Waals surface area contributed by atoms with E-state index < -0.39 is 17.5 Å². The number of nitrogens with zero attached hydrogens (tertiary/aromatic N) is 2. The summed E-state index contributed by atoms with van der Waals surface area (Å²) < 4.78 is 27.9. The molecule has 0 aliphatic carbocycles. The van der Waals surface area contributed by atoms with Crippen molar-refractivity contribution < 1.29 is 13.6 Å². The van der Waals surface area contributed by atoms with E-state index in [1.54, 1.807) is 10.9 Å². The molecule has 1 aromatic heterocycles. The summed E-state index contributed by atoms with van der Waals surface area (Å²) in [6, 6.07) is 3.46. The van der Waals surface area contributed by atoms with Crippen LogP contribution < -0.4 is 5.32 Å². The molecule has 1 aromatic carbocycles. The van der Waals surface area contributed by atoms with Gasteiger partial charge in [-0.15, -0.1) is 0 Å². The maximum atomic E-state index is 13.4. The third kappa shape index (κ3) is 2.37. The molecule has 0 saturated heterocycles. The standard InChI is InChI=1S/C12H11F2N3O/c1-2-17-7-8(6-15-17)16-12(18)9-4-3-5-10(13)11(9)14/h3-7H,2H2,1H3,(H,16,18). The Morgan fingerprint density at radius 1 is 1.44 bits per heavy atom. The molecule has 0 unspecified atom stereocenters. The largest absolute Gasteiger partial charge is 0.319 e. The first-order valence-corrected chi connectivity index (χ1v) is 5.39. The summed E-state index contributed by atoms with van der Waals surface area (Å²) in [4.78, 5) is 11.7. The molecule has 1 N–H and O–H groups in total. The number of halogens is 2. The molecule has 0 saturated carbocycles. The van der Waals surface area contributed by atoms with Crippen LogP contribution in [0.2, 0.25) is 0 Å². The number of carbonyl (C=O) groups is 1. The van der Waals surface area contributed by atoms with Gasteiger partial charge in [-0.3, -0.25) is 9.48 Å². The molecule has 0 radical (unpaired) electrons. The molecule has 2 rings (SSSR count). The van der Waals surface area contributed by atoms with Gasteiger partial charge in [0, 0.05) is 12.7 Å². The number of anilines is 1. The van der Waals surface area contributed by atoms with Crippen LogP contribution in [0.3, 0.4) is 0 Å². The molecule has 1 heterocycles. The van der Waals surface area contributed by atoms with E-state index in [9.17, 15) is 13.6 Å². The SMILES string of the molecule is CCn1cc(NC(=O)c2cccc(F)c2F)cn1. The van der Waals surface area contributed by atoms with Crippen molar-refractivity contribution in [3.63, 3.8) is 0 Å². The van der Waals surface area contributed by atoms with Crippen molar-refractivity contribution in [2.75, 3.05) is 5.32 Å². The first kappa shape index (κ1) is 12.2. The second-order valence-corrected chi connectivity index (χ2v) is 3.64. The zero-order valence-electron chi connectivity index (χ0n) is 9.65. The maximum absolute atomic E-state index is 13.4. The fraction of sp³-hybridized carbons (Fsp3) is 0.167. The van der Waals surface area contributed by atoms with Gasteiger partial charge in [-0.25, -0.2) is 8.78 Å². The Morgan fingerprint density at radius 3 is 2.89 bits per heavy atom. The Kier molecular flexibility index (Phi) is 3.36. The van der Waals surface area contributed by atoms with Crippen LogP contribution in [0.1, 0.15) is 17.3 Å². The van der Waals surface area contributed by atoms with E-state index in [0.29, 0.717) is 12.2 Å². The molecule has 0 aliphatic heterocycles. The Bertz CT molecular complexity index is 580. The van der Waals surface area contributed by atoms with E-state index in [1.807, 2.05) is 6.92 Å². The van der Waals surface area contributed by atoms with E-state index in [-0.39, 0.29) is 5.56 Å². The van der Waals surface area contributed by atoms with Crippen LogP contribution >= 0.6 is 0 Å². The van der Waals surface area contributed by atoms with E-state index in [2.05, 4.69) is 10.4 Å². The van der Waals surface area contributed by atoms with Crippen molar-refractivity contribution in [2.24, 2.45) is 0 Å². The van der Waals surface area contributed by atoms with Gasteiger partial charge in [0.2, 0.25) is 0 Å². The fourth-order valence-corrected chi connectivity index (χ4v) is 1.48. The van der Waals surface area contributed by atoms with E-state index in [1.165, 1.54) is 18.3 Å². The third-order valence-electron chi connectivity index (χ3n) is 2.41. The number of nitrogens with one attached hydrogen (secondary N) is 1. The molecule has 94 valence electrons. The second-order valence-electron chi connectivity index (χ2n) is 3.64. The molecule has 1 amide bonds. The quantitative estimate of drug-likeness (QED) is 0.910. The van der Waals surface area contributed by atoms with Gasteiger partial charge in [0.05, 0.1) is 17.4 Å². The monoisotopic (exact) mass is 251 g/mol. The average molecular weight is 251 g/mol. The Labute approximate surface area is 102 Å². The predicted octanol–water partition coefficient (Wildman–Crippen LogP) is 2.43. The van der Waals surface area contributed by atoms with E-state index in [0.717, 1.165) is 6.07 Å². The minimum Gasteiger partial charge on any atom is -0.319 e. The highest BCUT2D eigenvalue weighted by molar-refractivity contribution is 6.04. The first-order chi connectivity index (χ1) is 8.61. The highest BCUT2D eigenvalue weighted by Gasteiger charge is 2.15. The zero-order valence-corrected chi connectivity index (χ0v) is 9.65. The van der Waals surface area contributed by atoms with E-state index in [4.69, 9.17) is 0 Å². The number of benzene rings is 1. The van der Waals surface area contributed by atoms with Crippen molar-refractivity contribution in [1.29, 1.82) is 0 Å². The zero-order chi connectivity index (χ0) is 13.1. The lowest BCUT2D eigenvalue weighted by atomic mass is 10.2. The summed E-state index contributed by atoms with van der Waals surface area (Å²) in [5.41, 5.74) is 0.102. The van der Waals surface area contributed by atoms with Gasteiger partial charge in [-0.1, -0.05) is 6.07 Å². The molecular weight excluding hydrogens is 240 g/mol. The number of aromatic nitrogens is 2. The molecule has 0 atom stereocenters. The molecule has 0 bridgehead atoms. The maximum Gasteiger partial charge on any atom is 0.258 e. The average Bonchev–Trinajstić information content (AvgIpc) is 2.80. The highest BCUT2D eigenvalue weighted by atomic mass is 19.2.